The van der Waals surface area contributed by atoms with Crippen molar-refractivity contribution in [2.45, 2.75) is 0 Å². The van der Waals surface area contributed by atoms with Gasteiger partial charge in [-0.1, -0.05) is 41.9 Å². The predicted octanol–water partition coefficient (Wildman–Crippen LogP) is 5.18. The van der Waals surface area contributed by atoms with E-state index in [4.69, 9.17) is 28.5 Å². The topological polar surface area (TPSA) is 23.8 Å². The van der Waals surface area contributed by atoms with Crippen LogP contribution in [-0.4, -0.2) is 0 Å². The zero-order chi connectivity index (χ0) is 13.1. The number of rotatable bonds is 2. The SMILES string of the molecule is C=Cc1cc(Cl)cc(-c2ccc(Cl)c(C#N)c2)c1. The monoisotopic (exact) mass is 273 g/mol. The van der Waals surface area contributed by atoms with Crippen molar-refractivity contribution in [2.24, 2.45) is 0 Å². The van der Waals surface area contributed by atoms with Crippen molar-refractivity contribution in [3.8, 4) is 17.2 Å². The number of hydrogen-bond acceptors (Lipinski definition) is 1. The lowest BCUT2D eigenvalue weighted by molar-refractivity contribution is 1.48. The van der Waals surface area contributed by atoms with Crippen LogP contribution in [0.1, 0.15) is 11.1 Å². The molecule has 88 valence electrons. The van der Waals surface area contributed by atoms with Crippen LogP contribution in [0.25, 0.3) is 17.2 Å². The molecule has 0 aliphatic carbocycles. The van der Waals surface area contributed by atoms with E-state index in [1.807, 2.05) is 24.3 Å². The second-order valence-corrected chi connectivity index (χ2v) is 4.63. The summed E-state index contributed by atoms with van der Waals surface area (Å²) in [6.07, 6.45) is 1.73. The first-order chi connectivity index (χ1) is 8.63. The molecule has 2 rings (SSSR count). The maximum atomic E-state index is 8.97. The fraction of sp³-hybridized carbons (Fsp3) is 0. The standard InChI is InChI=1S/C15H9Cl2N/c1-2-10-5-12(8-14(16)6-10)11-3-4-15(17)13(7-11)9-18/h2-8H,1H2. The molecule has 0 saturated carbocycles. The Bertz CT molecular complexity index is 654. The average molecular weight is 274 g/mol. The van der Waals surface area contributed by atoms with E-state index >= 15 is 0 Å². The molecule has 1 nitrogen and oxygen atoms in total. The van der Waals surface area contributed by atoms with Gasteiger partial charge in [-0.05, 0) is 47.0 Å². The van der Waals surface area contributed by atoms with E-state index in [1.165, 1.54) is 0 Å². The van der Waals surface area contributed by atoms with E-state index in [0.29, 0.717) is 15.6 Å². The van der Waals surface area contributed by atoms with Crippen molar-refractivity contribution in [2.75, 3.05) is 0 Å². The van der Waals surface area contributed by atoms with Crippen molar-refractivity contribution in [1.29, 1.82) is 5.26 Å². The molecule has 0 N–H and O–H groups in total. The van der Waals surface area contributed by atoms with Gasteiger partial charge >= 0.3 is 0 Å². The van der Waals surface area contributed by atoms with E-state index in [0.717, 1.165) is 16.7 Å². The first-order valence-electron chi connectivity index (χ1n) is 5.27. The van der Waals surface area contributed by atoms with Crippen LogP contribution in [0, 0.1) is 11.3 Å². The van der Waals surface area contributed by atoms with E-state index < -0.39 is 0 Å². The number of hydrogen-bond donors (Lipinski definition) is 0. The van der Waals surface area contributed by atoms with Gasteiger partial charge in [-0.15, -0.1) is 0 Å². The molecule has 0 radical (unpaired) electrons. The van der Waals surface area contributed by atoms with Crippen molar-refractivity contribution < 1.29 is 0 Å². The quantitative estimate of drug-likeness (QED) is 0.740. The van der Waals surface area contributed by atoms with Gasteiger partial charge in [0.2, 0.25) is 0 Å². The molecule has 0 bridgehead atoms. The zero-order valence-corrected chi connectivity index (χ0v) is 11.0. The van der Waals surface area contributed by atoms with Crippen molar-refractivity contribution in [3.63, 3.8) is 0 Å². The Morgan fingerprint density at radius 2 is 1.83 bits per heavy atom. The molecule has 0 aliphatic rings. The van der Waals surface area contributed by atoms with Gasteiger partial charge in [0.05, 0.1) is 10.6 Å². The molecule has 3 heteroatoms. The van der Waals surface area contributed by atoms with E-state index in [2.05, 4.69) is 12.6 Å². The number of benzene rings is 2. The van der Waals surface area contributed by atoms with Gasteiger partial charge in [0.15, 0.2) is 0 Å². The highest BCUT2D eigenvalue weighted by atomic mass is 35.5. The molecule has 0 fully saturated rings. The molecule has 0 unspecified atom stereocenters. The molecule has 2 aromatic rings. The van der Waals surface area contributed by atoms with Gasteiger partial charge < -0.3 is 0 Å². The Morgan fingerprint density at radius 3 is 2.50 bits per heavy atom. The minimum absolute atomic E-state index is 0.451. The molecule has 2 aromatic carbocycles. The number of nitriles is 1. The van der Waals surface area contributed by atoms with Crippen molar-refractivity contribution >= 4 is 29.3 Å². The third-order valence-electron chi connectivity index (χ3n) is 2.58. The van der Waals surface area contributed by atoms with Gasteiger partial charge in [0, 0.05) is 5.02 Å². The molecule has 0 spiro atoms. The van der Waals surface area contributed by atoms with E-state index in [-0.39, 0.29) is 0 Å². The summed E-state index contributed by atoms with van der Waals surface area (Å²) in [6, 6.07) is 13.0. The summed E-state index contributed by atoms with van der Waals surface area (Å²) in [6.45, 7) is 3.72. The maximum absolute atomic E-state index is 8.97. The van der Waals surface area contributed by atoms with Crippen LogP contribution in [0.2, 0.25) is 10.0 Å². The molecule has 18 heavy (non-hydrogen) atoms. The Morgan fingerprint density at radius 1 is 1.06 bits per heavy atom. The first kappa shape index (κ1) is 12.7. The summed E-state index contributed by atoms with van der Waals surface area (Å²) in [4.78, 5) is 0. The van der Waals surface area contributed by atoms with Crippen LogP contribution in [0.5, 0.6) is 0 Å². The van der Waals surface area contributed by atoms with Gasteiger partial charge in [-0.2, -0.15) is 5.26 Å². The van der Waals surface area contributed by atoms with Gasteiger partial charge in [-0.25, -0.2) is 0 Å². The van der Waals surface area contributed by atoms with E-state index in [9.17, 15) is 0 Å². The lowest BCUT2D eigenvalue weighted by Crippen LogP contribution is -1.83. The second kappa shape index (κ2) is 5.27. The smallest absolute Gasteiger partial charge is 0.101 e. The molecule has 0 heterocycles. The molecule has 0 aliphatic heterocycles. The van der Waals surface area contributed by atoms with Crippen LogP contribution >= 0.6 is 23.2 Å². The maximum Gasteiger partial charge on any atom is 0.101 e. The first-order valence-corrected chi connectivity index (χ1v) is 6.02. The highest BCUT2D eigenvalue weighted by Crippen LogP contribution is 2.28. The van der Waals surface area contributed by atoms with Gasteiger partial charge in [0.25, 0.3) is 0 Å². The average Bonchev–Trinajstić information content (AvgIpc) is 2.38. The fourth-order valence-electron chi connectivity index (χ4n) is 1.69. The predicted molar refractivity (Wildman–Crippen MR) is 76.7 cm³/mol. The Kier molecular flexibility index (Phi) is 3.72. The molecular weight excluding hydrogens is 265 g/mol. The van der Waals surface area contributed by atoms with Crippen LogP contribution in [0.4, 0.5) is 0 Å². The van der Waals surface area contributed by atoms with Gasteiger partial charge in [-0.3, -0.25) is 0 Å². The van der Waals surface area contributed by atoms with Crippen LogP contribution in [-0.2, 0) is 0 Å². The largest absolute Gasteiger partial charge is 0.192 e. The number of nitrogens with zero attached hydrogens (tertiary/aromatic N) is 1. The molecule has 0 atom stereocenters. The third kappa shape index (κ3) is 2.56. The van der Waals surface area contributed by atoms with Crippen LogP contribution < -0.4 is 0 Å². The Labute approximate surface area is 116 Å². The normalized spacial score (nSPS) is 9.83. The third-order valence-corrected chi connectivity index (χ3v) is 3.12. The summed E-state index contributed by atoms with van der Waals surface area (Å²) < 4.78 is 0. The minimum Gasteiger partial charge on any atom is -0.192 e. The molecule has 0 saturated heterocycles. The molecule has 0 amide bonds. The highest BCUT2D eigenvalue weighted by Gasteiger charge is 2.05. The van der Waals surface area contributed by atoms with E-state index in [1.54, 1.807) is 18.2 Å². The fourth-order valence-corrected chi connectivity index (χ4v) is 2.09. The summed E-state index contributed by atoms with van der Waals surface area (Å²) in [5.74, 6) is 0. The summed E-state index contributed by atoms with van der Waals surface area (Å²) in [5, 5.41) is 10.1. The summed E-state index contributed by atoms with van der Waals surface area (Å²) in [5.41, 5.74) is 3.23. The van der Waals surface area contributed by atoms with Crippen molar-refractivity contribution in [3.05, 3.63) is 64.1 Å². The number of halogens is 2. The Hall–Kier alpha value is -1.75. The molecular formula is C15H9Cl2N. The minimum atomic E-state index is 0.451. The summed E-state index contributed by atoms with van der Waals surface area (Å²) >= 11 is 12.0. The highest BCUT2D eigenvalue weighted by molar-refractivity contribution is 6.32. The van der Waals surface area contributed by atoms with Crippen LogP contribution in [0.15, 0.2) is 43.0 Å². The van der Waals surface area contributed by atoms with Gasteiger partial charge in [0.1, 0.15) is 6.07 Å². The second-order valence-electron chi connectivity index (χ2n) is 3.78. The summed E-state index contributed by atoms with van der Waals surface area (Å²) in [7, 11) is 0. The van der Waals surface area contributed by atoms with Crippen LogP contribution in [0.3, 0.4) is 0 Å². The Balaban J connectivity index is 2.58. The van der Waals surface area contributed by atoms with Crippen molar-refractivity contribution in [1.82, 2.24) is 0 Å². The lowest BCUT2D eigenvalue weighted by atomic mass is 10.0. The lowest BCUT2D eigenvalue weighted by Gasteiger charge is -2.06. The zero-order valence-electron chi connectivity index (χ0n) is 9.45. The molecule has 0 aromatic heterocycles.